The maximum Gasteiger partial charge on any atom is 0.234 e. The normalized spacial score (nSPS) is 21.2. The molecule has 6 nitrogen and oxygen atoms in total. The molecule has 2 aromatic rings. The summed E-state index contributed by atoms with van der Waals surface area (Å²) in [5.41, 5.74) is 4.74. The highest BCUT2D eigenvalue weighted by molar-refractivity contribution is 6.06. The van der Waals surface area contributed by atoms with Crippen LogP contribution >= 0.6 is 0 Å². The molecule has 24 heavy (non-hydrogen) atoms. The average molecular weight is 325 g/mol. The van der Waals surface area contributed by atoms with Crippen molar-refractivity contribution in [2.24, 2.45) is 0 Å². The Bertz CT molecular complexity index is 804. The molecule has 0 bridgehead atoms. The molecular weight excluding hydrogens is 306 g/mol. The van der Waals surface area contributed by atoms with Gasteiger partial charge in [-0.05, 0) is 42.3 Å². The first-order chi connectivity index (χ1) is 11.6. The first-order valence-electron chi connectivity index (χ1n) is 8.00. The Hall–Kier alpha value is -2.73. The Morgan fingerprint density at radius 2 is 1.79 bits per heavy atom. The van der Waals surface area contributed by atoms with E-state index in [1.54, 1.807) is 17.0 Å². The number of amides is 1. The van der Waals surface area contributed by atoms with Crippen molar-refractivity contribution in [1.82, 2.24) is 0 Å². The molecule has 0 aliphatic carbocycles. The molecule has 4 N–H and O–H groups in total. The lowest BCUT2D eigenvalue weighted by Crippen LogP contribution is -2.30. The van der Waals surface area contributed by atoms with E-state index in [4.69, 9.17) is 0 Å². The van der Waals surface area contributed by atoms with Gasteiger partial charge in [0.15, 0.2) is 0 Å². The summed E-state index contributed by atoms with van der Waals surface area (Å²) in [6.45, 7) is 2.14. The van der Waals surface area contributed by atoms with E-state index in [9.17, 15) is 15.0 Å². The third-order valence-electron chi connectivity index (χ3n) is 4.71. The fourth-order valence-corrected chi connectivity index (χ4v) is 3.42. The molecule has 0 saturated carbocycles. The molecule has 6 heteroatoms. The molecule has 4 rings (SSSR count). The summed E-state index contributed by atoms with van der Waals surface area (Å²) in [6.07, 6.45) is -0.0829. The van der Waals surface area contributed by atoms with Gasteiger partial charge in [-0.1, -0.05) is 12.1 Å². The van der Waals surface area contributed by atoms with Crippen molar-refractivity contribution < 1.29 is 15.0 Å². The second-order valence-corrected chi connectivity index (χ2v) is 6.20. The minimum absolute atomic E-state index is 0.0257. The van der Waals surface area contributed by atoms with Crippen LogP contribution in [0.1, 0.15) is 30.1 Å². The number of benzene rings is 2. The number of nitrogens with zero attached hydrogens (tertiary/aromatic N) is 1. The van der Waals surface area contributed by atoms with Crippen molar-refractivity contribution in [3.63, 3.8) is 0 Å². The highest BCUT2D eigenvalue weighted by Crippen LogP contribution is 2.45. The topological polar surface area (TPSA) is 84.8 Å². The number of phenolic OH excluding ortho intramolecular Hbond substituents is 1. The number of rotatable bonds is 3. The van der Waals surface area contributed by atoms with Gasteiger partial charge in [-0.15, -0.1) is 0 Å². The number of hydrogen-bond acceptors (Lipinski definition) is 5. The number of carbonyl (C=O) groups excluding carboxylic acids is 1. The van der Waals surface area contributed by atoms with Crippen molar-refractivity contribution in [1.29, 1.82) is 0 Å². The minimum Gasteiger partial charge on any atom is -0.508 e. The van der Waals surface area contributed by atoms with Crippen LogP contribution < -0.4 is 15.5 Å². The number of hydrogen-bond donors (Lipinski definition) is 4. The van der Waals surface area contributed by atoms with Crippen LogP contribution in [-0.4, -0.2) is 29.3 Å². The Morgan fingerprint density at radius 1 is 1.12 bits per heavy atom. The molecule has 2 heterocycles. The standard InChI is InChI=1S/C18H19N3O3/c1-10-13-8-14-15(9-16(13)21(6-7-22)18(10)24)20-17(19-14)11-2-4-12(23)5-3-11/h2-5,8-10,17,19-20,22-23H,6-7H2,1H3. The molecule has 0 aromatic heterocycles. The van der Waals surface area contributed by atoms with Crippen LogP contribution in [-0.2, 0) is 4.79 Å². The smallest absolute Gasteiger partial charge is 0.234 e. The van der Waals surface area contributed by atoms with Gasteiger partial charge in [0.2, 0.25) is 5.91 Å². The van der Waals surface area contributed by atoms with Crippen molar-refractivity contribution in [3.05, 3.63) is 47.5 Å². The molecule has 0 spiro atoms. The maximum atomic E-state index is 12.3. The lowest BCUT2D eigenvalue weighted by atomic mass is 10.0. The van der Waals surface area contributed by atoms with Gasteiger partial charge < -0.3 is 25.7 Å². The average Bonchev–Trinajstić information content (AvgIpc) is 3.09. The van der Waals surface area contributed by atoms with Gasteiger partial charge in [0.1, 0.15) is 11.9 Å². The highest BCUT2D eigenvalue weighted by atomic mass is 16.3. The number of carbonyl (C=O) groups is 1. The van der Waals surface area contributed by atoms with E-state index in [1.165, 1.54) is 0 Å². The molecule has 2 aliphatic rings. The molecule has 2 unspecified atom stereocenters. The predicted octanol–water partition coefficient (Wildman–Crippen LogP) is 2.37. The van der Waals surface area contributed by atoms with E-state index in [2.05, 4.69) is 10.6 Å². The SMILES string of the molecule is CC1C(=O)N(CCO)c2cc3c(cc21)NC(c1ccc(O)cc1)N3. The summed E-state index contributed by atoms with van der Waals surface area (Å²) >= 11 is 0. The number of aromatic hydroxyl groups is 1. The third kappa shape index (κ3) is 2.18. The zero-order valence-corrected chi connectivity index (χ0v) is 13.3. The number of β-amino-alcohol motifs (C(OH)–C–C–N with tert-alkyl or cyclic N) is 1. The molecular formula is C18H19N3O3. The number of nitrogens with one attached hydrogen (secondary N) is 2. The van der Waals surface area contributed by atoms with Gasteiger partial charge >= 0.3 is 0 Å². The fraction of sp³-hybridized carbons (Fsp3) is 0.278. The zero-order chi connectivity index (χ0) is 16.8. The van der Waals surface area contributed by atoms with Crippen LogP contribution in [0.25, 0.3) is 0 Å². The quantitative estimate of drug-likeness (QED) is 0.696. The van der Waals surface area contributed by atoms with Crippen LogP contribution in [0.15, 0.2) is 36.4 Å². The molecule has 0 saturated heterocycles. The molecule has 2 aromatic carbocycles. The van der Waals surface area contributed by atoms with E-state index < -0.39 is 0 Å². The summed E-state index contributed by atoms with van der Waals surface area (Å²) in [6, 6.07) is 11.0. The third-order valence-corrected chi connectivity index (χ3v) is 4.71. The lowest BCUT2D eigenvalue weighted by Gasteiger charge is -2.16. The lowest BCUT2D eigenvalue weighted by molar-refractivity contribution is -0.119. The molecule has 1 amide bonds. The number of aliphatic hydroxyl groups is 1. The van der Waals surface area contributed by atoms with Gasteiger partial charge in [0.05, 0.1) is 23.9 Å². The summed E-state index contributed by atoms with van der Waals surface area (Å²) in [7, 11) is 0. The number of aliphatic hydroxyl groups excluding tert-OH is 1. The van der Waals surface area contributed by atoms with Gasteiger partial charge in [0.25, 0.3) is 0 Å². The van der Waals surface area contributed by atoms with Crippen molar-refractivity contribution in [2.45, 2.75) is 19.0 Å². The first kappa shape index (κ1) is 14.8. The van der Waals surface area contributed by atoms with E-state index >= 15 is 0 Å². The van der Waals surface area contributed by atoms with Crippen molar-refractivity contribution >= 4 is 23.0 Å². The highest BCUT2D eigenvalue weighted by Gasteiger charge is 2.36. The Balaban J connectivity index is 1.67. The predicted molar refractivity (Wildman–Crippen MR) is 92.4 cm³/mol. The Morgan fingerprint density at radius 3 is 2.46 bits per heavy atom. The molecule has 2 atom stereocenters. The summed E-state index contributed by atoms with van der Waals surface area (Å²) in [5.74, 6) is 0.0596. The van der Waals surface area contributed by atoms with E-state index in [1.807, 2.05) is 31.2 Å². The molecule has 2 aliphatic heterocycles. The molecule has 0 radical (unpaired) electrons. The van der Waals surface area contributed by atoms with Crippen LogP contribution in [0, 0.1) is 0 Å². The minimum atomic E-state index is -0.202. The van der Waals surface area contributed by atoms with Crippen LogP contribution in [0.5, 0.6) is 5.75 Å². The summed E-state index contributed by atoms with van der Waals surface area (Å²) < 4.78 is 0. The molecule has 124 valence electrons. The van der Waals surface area contributed by atoms with Gasteiger partial charge in [-0.2, -0.15) is 0 Å². The van der Waals surface area contributed by atoms with E-state index in [0.717, 1.165) is 28.2 Å². The zero-order valence-electron chi connectivity index (χ0n) is 13.3. The van der Waals surface area contributed by atoms with Gasteiger partial charge in [-0.25, -0.2) is 0 Å². The number of fused-ring (bicyclic) bond motifs is 2. The number of phenols is 1. The van der Waals surface area contributed by atoms with Crippen molar-refractivity contribution in [3.8, 4) is 5.75 Å². The Kier molecular flexibility index (Phi) is 3.35. The van der Waals surface area contributed by atoms with Crippen LogP contribution in [0.2, 0.25) is 0 Å². The van der Waals surface area contributed by atoms with E-state index in [-0.39, 0.29) is 30.3 Å². The first-order valence-corrected chi connectivity index (χ1v) is 8.00. The number of anilines is 3. The maximum absolute atomic E-state index is 12.3. The monoisotopic (exact) mass is 325 g/mol. The fourth-order valence-electron chi connectivity index (χ4n) is 3.42. The summed E-state index contributed by atoms with van der Waals surface area (Å²) in [4.78, 5) is 14.0. The van der Waals surface area contributed by atoms with Crippen molar-refractivity contribution in [2.75, 3.05) is 28.7 Å². The van der Waals surface area contributed by atoms with Gasteiger partial charge in [-0.3, -0.25) is 4.79 Å². The largest absolute Gasteiger partial charge is 0.508 e. The Labute approximate surface area is 139 Å². The van der Waals surface area contributed by atoms with E-state index in [0.29, 0.717) is 6.54 Å². The van der Waals surface area contributed by atoms with Gasteiger partial charge in [0, 0.05) is 12.2 Å². The second kappa shape index (κ2) is 5.42. The van der Waals surface area contributed by atoms with Crippen LogP contribution in [0.4, 0.5) is 17.1 Å². The molecule has 0 fully saturated rings. The van der Waals surface area contributed by atoms with Crippen LogP contribution in [0.3, 0.4) is 0 Å². The second-order valence-electron chi connectivity index (χ2n) is 6.20. The summed E-state index contributed by atoms with van der Waals surface area (Å²) in [5, 5.41) is 25.5.